The van der Waals surface area contributed by atoms with Gasteiger partial charge < -0.3 is 15.7 Å². The summed E-state index contributed by atoms with van der Waals surface area (Å²) in [6.45, 7) is 4.45. The Kier molecular flexibility index (Phi) is 3.12. The largest absolute Gasteiger partial charge is 0.480 e. The summed E-state index contributed by atoms with van der Waals surface area (Å²) in [4.78, 5) is 23.4. The Morgan fingerprint density at radius 1 is 1.35 bits per heavy atom. The van der Waals surface area contributed by atoms with E-state index in [9.17, 15) is 14.7 Å². The van der Waals surface area contributed by atoms with Crippen LogP contribution in [-0.2, 0) is 9.59 Å². The highest BCUT2D eigenvalue weighted by Crippen LogP contribution is 2.39. The van der Waals surface area contributed by atoms with Crippen LogP contribution in [0.5, 0.6) is 0 Å². The Balaban J connectivity index is 2.03. The highest BCUT2D eigenvalue weighted by molar-refractivity contribution is 5.90. The molecule has 96 valence electrons. The van der Waals surface area contributed by atoms with Gasteiger partial charge in [0.1, 0.15) is 5.54 Å². The van der Waals surface area contributed by atoms with Gasteiger partial charge >= 0.3 is 5.97 Å². The lowest BCUT2D eigenvalue weighted by Crippen LogP contribution is -2.58. The Morgan fingerprint density at radius 2 is 2.00 bits per heavy atom. The van der Waals surface area contributed by atoms with Gasteiger partial charge in [0.25, 0.3) is 0 Å². The van der Waals surface area contributed by atoms with E-state index in [4.69, 9.17) is 0 Å². The van der Waals surface area contributed by atoms with E-state index in [1.165, 1.54) is 0 Å². The molecule has 0 aromatic heterocycles. The molecule has 2 aliphatic rings. The van der Waals surface area contributed by atoms with E-state index in [-0.39, 0.29) is 23.8 Å². The monoisotopic (exact) mass is 240 g/mol. The number of amides is 1. The highest BCUT2D eigenvalue weighted by atomic mass is 16.4. The molecule has 1 heterocycles. The molecule has 0 bridgehead atoms. The third-order valence-corrected chi connectivity index (χ3v) is 4.04. The second-order valence-corrected chi connectivity index (χ2v) is 5.47. The first-order valence-corrected chi connectivity index (χ1v) is 6.24. The Bertz CT molecular complexity index is 341. The van der Waals surface area contributed by atoms with Crippen molar-refractivity contribution in [2.75, 3.05) is 6.54 Å². The molecule has 3 N–H and O–H groups in total. The molecule has 0 radical (unpaired) electrons. The van der Waals surface area contributed by atoms with Gasteiger partial charge in [-0.1, -0.05) is 6.92 Å². The predicted molar refractivity (Wildman–Crippen MR) is 62.5 cm³/mol. The van der Waals surface area contributed by atoms with Crippen molar-refractivity contribution in [3.05, 3.63) is 0 Å². The summed E-state index contributed by atoms with van der Waals surface area (Å²) >= 11 is 0. The van der Waals surface area contributed by atoms with E-state index in [0.29, 0.717) is 0 Å². The van der Waals surface area contributed by atoms with Crippen LogP contribution in [0.3, 0.4) is 0 Å². The van der Waals surface area contributed by atoms with Gasteiger partial charge in [-0.25, -0.2) is 4.79 Å². The standard InChI is InChI=1S/C12H20N2O3/c1-7-5-6-13-9(7)10(15)14-12(2,11(16)17)8-3-4-8/h7-9,13H,3-6H2,1-2H3,(H,14,15)(H,16,17). The first-order valence-electron chi connectivity index (χ1n) is 6.24. The van der Waals surface area contributed by atoms with Gasteiger partial charge in [0.15, 0.2) is 0 Å². The molecule has 1 amide bonds. The Labute approximate surface area is 101 Å². The van der Waals surface area contributed by atoms with Crippen LogP contribution < -0.4 is 10.6 Å². The molecule has 2 fully saturated rings. The van der Waals surface area contributed by atoms with Crippen LogP contribution in [-0.4, -0.2) is 35.1 Å². The minimum Gasteiger partial charge on any atom is -0.480 e. The fourth-order valence-corrected chi connectivity index (χ4v) is 2.51. The maximum Gasteiger partial charge on any atom is 0.329 e. The zero-order chi connectivity index (χ0) is 12.6. The fourth-order valence-electron chi connectivity index (χ4n) is 2.51. The number of carbonyl (C=O) groups is 2. The lowest BCUT2D eigenvalue weighted by molar-refractivity contribution is -0.148. The van der Waals surface area contributed by atoms with E-state index in [0.717, 1.165) is 25.8 Å². The van der Waals surface area contributed by atoms with Crippen molar-refractivity contribution in [2.24, 2.45) is 11.8 Å². The fraction of sp³-hybridized carbons (Fsp3) is 0.833. The minimum atomic E-state index is -1.10. The summed E-state index contributed by atoms with van der Waals surface area (Å²) < 4.78 is 0. The second-order valence-electron chi connectivity index (χ2n) is 5.47. The van der Waals surface area contributed by atoms with E-state index in [1.54, 1.807) is 6.92 Å². The number of carboxylic acids is 1. The van der Waals surface area contributed by atoms with Gasteiger partial charge in [-0.3, -0.25) is 4.79 Å². The van der Waals surface area contributed by atoms with Gasteiger partial charge in [-0.05, 0) is 44.6 Å². The van der Waals surface area contributed by atoms with Crippen LogP contribution in [0, 0.1) is 11.8 Å². The lowest BCUT2D eigenvalue weighted by atomic mass is 9.94. The number of nitrogens with one attached hydrogen (secondary N) is 2. The van der Waals surface area contributed by atoms with Crippen LogP contribution in [0.15, 0.2) is 0 Å². The smallest absolute Gasteiger partial charge is 0.329 e. The van der Waals surface area contributed by atoms with E-state index < -0.39 is 11.5 Å². The number of carbonyl (C=O) groups excluding carboxylic acids is 1. The number of hydrogen-bond acceptors (Lipinski definition) is 3. The van der Waals surface area contributed by atoms with Crippen molar-refractivity contribution in [1.29, 1.82) is 0 Å². The van der Waals surface area contributed by atoms with Gasteiger partial charge in [-0.2, -0.15) is 0 Å². The molecule has 1 saturated carbocycles. The normalized spacial score (nSPS) is 31.9. The Hall–Kier alpha value is -1.10. The van der Waals surface area contributed by atoms with E-state index in [2.05, 4.69) is 10.6 Å². The summed E-state index contributed by atoms with van der Waals surface area (Å²) in [5, 5.41) is 15.1. The van der Waals surface area contributed by atoms with Crippen molar-refractivity contribution >= 4 is 11.9 Å². The molecular formula is C12H20N2O3. The highest BCUT2D eigenvalue weighted by Gasteiger charge is 2.49. The minimum absolute atomic E-state index is 0.0839. The molecule has 5 nitrogen and oxygen atoms in total. The second kappa shape index (κ2) is 4.29. The number of aliphatic carboxylic acids is 1. The first-order chi connectivity index (χ1) is 7.95. The summed E-state index contributed by atoms with van der Waals surface area (Å²) in [5.74, 6) is -0.751. The number of carboxylic acid groups (broad SMARTS) is 1. The molecule has 1 aliphatic carbocycles. The summed E-state index contributed by atoms with van der Waals surface area (Å²) in [6, 6.07) is -0.243. The molecule has 3 atom stereocenters. The Morgan fingerprint density at radius 3 is 2.41 bits per heavy atom. The van der Waals surface area contributed by atoms with Crippen molar-refractivity contribution in [1.82, 2.24) is 10.6 Å². The molecule has 0 aromatic rings. The third kappa shape index (κ3) is 2.29. The summed E-state index contributed by atoms with van der Waals surface area (Å²) in [7, 11) is 0. The van der Waals surface area contributed by atoms with E-state index in [1.807, 2.05) is 6.92 Å². The predicted octanol–water partition coefficient (Wildman–Crippen LogP) is 0.354. The molecule has 0 aromatic carbocycles. The van der Waals surface area contributed by atoms with Crippen molar-refractivity contribution < 1.29 is 14.7 Å². The SMILES string of the molecule is CC1CCNC1C(=O)NC(C)(C(=O)O)C1CC1. The quantitative estimate of drug-likeness (QED) is 0.662. The van der Waals surface area contributed by atoms with Crippen LogP contribution >= 0.6 is 0 Å². The first kappa shape index (κ1) is 12.4. The third-order valence-electron chi connectivity index (χ3n) is 4.04. The summed E-state index contributed by atoms with van der Waals surface area (Å²) in [5.41, 5.74) is -1.10. The van der Waals surface area contributed by atoms with Crippen LogP contribution in [0.4, 0.5) is 0 Å². The molecule has 2 rings (SSSR count). The van der Waals surface area contributed by atoms with E-state index >= 15 is 0 Å². The molecule has 5 heteroatoms. The van der Waals surface area contributed by atoms with Crippen molar-refractivity contribution in [3.63, 3.8) is 0 Å². The maximum absolute atomic E-state index is 12.1. The average Bonchev–Trinajstić information content (AvgIpc) is 3.01. The zero-order valence-corrected chi connectivity index (χ0v) is 10.3. The zero-order valence-electron chi connectivity index (χ0n) is 10.3. The van der Waals surface area contributed by atoms with Gasteiger partial charge in [0.2, 0.25) is 5.91 Å². The molecule has 0 spiro atoms. The maximum atomic E-state index is 12.1. The topological polar surface area (TPSA) is 78.4 Å². The molecule has 17 heavy (non-hydrogen) atoms. The molecule has 1 saturated heterocycles. The van der Waals surface area contributed by atoms with Crippen LogP contribution in [0.25, 0.3) is 0 Å². The van der Waals surface area contributed by atoms with Crippen LogP contribution in [0.2, 0.25) is 0 Å². The number of rotatable bonds is 4. The number of hydrogen-bond donors (Lipinski definition) is 3. The van der Waals surface area contributed by atoms with Crippen molar-refractivity contribution in [3.8, 4) is 0 Å². The van der Waals surface area contributed by atoms with Gasteiger partial charge in [0.05, 0.1) is 6.04 Å². The average molecular weight is 240 g/mol. The molecule has 3 unspecified atom stereocenters. The lowest BCUT2D eigenvalue weighted by Gasteiger charge is -2.28. The van der Waals surface area contributed by atoms with Gasteiger partial charge in [-0.15, -0.1) is 0 Å². The molecular weight excluding hydrogens is 220 g/mol. The van der Waals surface area contributed by atoms with Crippen LogP contribution in [0.1, 0.15) is 33.1 Å². The molecule has 1 aliphatic heterocycles. The van der Waals surface area contributed by atoms with Gasteiger partial charge in [0, 0.05) is 0 Å². The summed E-state index contributed by atoms with van der Waals surface area (Å²) in [6.07, 6.45) is 2.73. The van der Waals surface area contributed by atoms with Crippen molar-refractivity contribution in [2.45, 2.75) is 44.7 Å².